The molecule has 26 heavy (non-hydrogen) atoms. The zero-order valence-electron chi connectivity index (χ0n) is 14.5. The number of nitrogens with zero attached hydrogens (tertiary/aromatic N) is 1. The second-order valence-electron chi connectivity index (χ2n) is 7.04. The van der Waals surface area contributed by atoms with Crippen molar-refractivity contribution in [1.29, 1.82) is 0 Å². The minimum Gasteiger partial charge on any atom is -0.350 e. The molecule has 1 aliphatic carbocycles. The molecule has 2 fully saturated rings. The highest BCUT2D eigenvalue weighted by Crippen LogP contribution is 2.30. The number of benzene rings is 1. The molecule has 0 radical (unpaired) electrons. The van der Waals surface area contributed by atoms with Gasteiger partial charge in [-0.15, -0.1) is 0 Å². The zero-order valence-corrected chi connectivity index (χ0v) is 14.5. The highest BCUT2D eigenvalue weighted by atomic mass is 19.4. The van der Waals surface area contributed by atoms with Crippen molar-refractivity contribution in [3.63, 3.8) is 0 Å². The van der Waals surface area contributed by atoms with E-state index in [0.717, 1.165) is 31.4 Å². The zero-order chi connectivity index (χ0) is 18.9. The predicted octanol–water partition coefficient (Wildman–Crippen LogP) is 2.82. The molecule has 0 aromatic heterocycles. The van der Waals surface area contributed by atoms with Gasteiger partial charge < -0.3 is 15.5 Å². The number of nitrogens with one attached hydrogen (secondary N) is 2. The standard InChI is InChI=1S/C18H22F3N3O2/c1-11-7-14(18(19,20)21)6-5-13(11)8-22-17(26)24-9-15(10-24)23-16(25)12-3-2-4-12/h5-7,12,15H,2-4,8-10H2,1H3,(H,22,26)(H,23,25). The number of alkyl halides is 3. The summed E-state index contributed by atoms with van der Waals surface area (Å²) >= 11 is 0. The highest BCUT2D eigenvalue weighted by Gasteiger charge is 2.34. The molecule has 0 unspecified atom stereocenters. The van der Waals surface area contributed by atoms with Crippen LogP contribution in [0.2, 0.25) is 0 Å². The number of halogens is 3. The van der Waals surface area contributed by atoms with Gasteiger partial charge >= 0.3 is 12.2 Å². The molecule has 8 heteroatoms. The third kappa shape index (κ3) is 4.11. The van der Waals surface area contributed by atoms with Crippen molar-refractivity contribution >= 4 is 11.9 Å². The maximum Gasteiger partial charge on any atom is 0.416 e. The first kappa shape index (κ1) is 18.5. The molecule has 0 bridgehead atoms. The Morgan fingerprint density at radius 2 is 1.92 bits per heavy atom. The fourth-order valence-electron chi connectivity index (χ4n) is 3.08. The summed E-state index contributed by atoms with van der Waals surface area (Å²) in [6, 6.07) is 3.19. The summed E-state index contributed by atoms with van der Waals surface area (Å²) in [4.78, 5) is 25.5. The van der Waals surface area contributed by atoms with Gasteiger partial charge in [0.25, 0.3) is 0 Å². The molecule has 0 spiro atoms. The largest absolute Gasteiger partial charge is 0.416 e. The van der Waals surface area contributed by atoms with Crippen molar-refractivity contribution in [2.75, 3.05) is 13.1 Å². The molecule has 1 saturated heterocycles. The van der Waals surface area contributed by atoms with E-state index in [2.05, 4.69) is 10.6 Å². The SMILES string of the molecule is Cc1cc(C(F)(F)F)ccc1CNC(=O)N1CC(NC(=O)C2CCC2)C1. The predicted molar refractivity (Wildman–Crippen MR) is 89.3 cm³/mol. The Balaban J connectivity index is 1.43. The summed E-state index contributed by atoms with van der Waals surface area (Å²) in [5.74, 6) is 0.196. The molecule has 3 amide bonds. The molecular weight excluding hydrogens is 347 g/mol. The van der Waals surface area contributed by atoms with Crippen LogP contribution in [0.4, 0.5) is 18.0 Å². The van der Waals surface area contributed by atoms with Gasteiger partial charge in [-0.2, -0.15) is 13.2 Å². The van der Waals surface area contributed by atoms with Crippen LogP contribution in [0.3, 0.4) is 0 Å². The lowest BCUT2D eigenvalue weighted by Crippen LogP contribution is -2.63. The van der Waals surface area contributed by atoms with E-state index < -0.39 is 11.7 Å². The van der Waals surface area contributed by atoms with Crippen LogP contribution >= 0.6 is 0 Å². The van der Waals surface area contributed by atoms with Gasteiger partial charge in [0.2, 0.25) is 5.91 Å². The van der Waals surface area contributed by atoms with E-state index in [0.29, 0.717) is 24.2 Å². The number of aryl methyl sites for hydroxylation is 1. The number of amides is 3. The average molecular weight is 369 g/mol. The molecule has 1 heterocycles. The van der Waals surface area contributed by atoms with Crippen LogP contribution in [0.15, 0.2) is 18.2 Å². The molecule has 1 aromatic carbocycles. The third-order valence-electron chi connectivity index (χ3n) is 5.09. The molecular formula is C18H22F3N3O2. The van der Waals surface area contributed by atoms with Crippen molar-refractivity contribution in [3.05, 3.63) is 34.9 Å². The van der Waals surface area contributed by atoms with E-state index in [4.69, 9.17) is 0 Å². The van der Waals surface area contributed by atoms with Crippen LogP contribution in [0.1, 0.15) is 36.0 Å². The number of hydrogen-bond acceptors (Lipinski definition) is 2. The number of rotatable bonds is 4. The number of carbonyl (C=O) groups is 2. The average Bonchev–Trinajstić information content (AvgIpc) is 2.46. The fraction of sp³-hybridized carbons (Fsp3) is 0.556. The Bertz CT molecular complexity index is 695. The molecule has 1 aliphatic heterocycles. The van der Waals surface area contributed by atoms with E-state index >= 15 is 0 Å². The lowest BCUT2D eigenvalue weighted by molar-refractivity contribution is -0.137. The van der Waals surface area contributed by atoms with Gasteiger partial charge in [-0.05, 0) is 43.0 Å². The molecule has 2 N–H and O–H groups in total. The second kappa shape index (κ2) is 7.17. The Labute approximate surface area is 149 Å². The Hall–Kier alpha value is -2.25. The van der Waals surface area contributed by atoms with Gasteiger partial charge in [0.1, 0.15) is 0 Å². The molecule has 3 rings (SSSR count). The van der Waals surface area contributed by atoms with Crippen LogP contribution in [0.5, 0.6) is 0 Å². The summed E-state index contributed by atoms with van der Waals surface area (Å²) in [6.07, 6.45) is -1.39. The van der Waals surface area contributed by atoms with Gasteiger partial charge in [0.15, 0.2) is 0 Å². The lowest BCUT2D eigenvalue weighted by atomic mass is 9.84. The van der Waals surface area contributed by atoms with Crippen LogP contribution in [-0.4, -0.2) is 36.0 Å². The Morgan fingerprint density at radius 3 is 2.46 bits per heavy atom. The van der Waals surface area contributed by atoms with E-state index in [1.54, 1.807) is 11.8 Å². The van der Waals surface area contributed by atoms with Crippen molar-refractivity contribution in [3.8, 4) is 0 Å². The summed E-state index contributed by atoms with van der Waals surface area (Å²) in [5, 5.41) is 5.65. The molecule has 5 nitrogen and oxygen atoms in total. The minimum atomic E-state index is -4.37. The minimum absolute atomic E-state index is 0.0124. The Kier molecular flexibility index (Phi) is 5.11. The van der Waals surface area contributed by atoms with Crippen molar-refractivity contribution < 1.29 is 22.8 Å². The number of carbonyl (C=O) groups excluding carboxylic acids is 2. The first-order valence-electron chi connectivity index (χ1n) is 8.74. The van der Waals surface area contributed by atoms with Gasteiger partial charge in [0.05, 0.1) is 11.6 Å². The molecule has 0 atom stereocenters. The van der Waals surface area contributed by atoms with Gasteiger partial charge in [-0.1, -0.05) is 12.5 Å². The van der Waals surface area contributed by atoms with E-state index in [1.165, 1.54) is 6.07 Å². The first-order valence-corrected chi connectivity index (χ1v) is 8.74. The van der Waals surface area contributed by atoms with Crippen LogP contribution in [0, 0.1) is 12.8 Å². The van der Waals surface area contributed by atoms with Crippen LogP contribution in [0.25, 0.3) is 0 Å². The highest BCUT2D eigenvalue weighted by molar-refractivity contribution is 5.80. The van der Waals surface area contributed by atoms with E-state index in [9.17, 15) is 22.8 Å². The molecule has 1 aromatic rings. The monoisotopic (exact) mass is 369 g/mol. The maximum absolute atomic E-state index is 12.7. The van der Waals surface area contributed by atoms with E-state index in [-0.39, 0.29) is 30.4 Å². The van der Waals surface area contributed by atoms with Crippen molar-refractivity contribution in [2.24, 2.45) is 5.92 Å². The van der Waals surface area contributed by atoms with Gasteiger partial charge in [0, 0.05) is 25.6 Å². The van der Waals surface area contributed by atoms with Crippen molar-refractivity contribution in [2.45, 2.75) is 44.9 Å². The third-order valence-corrected chi connectivity index (χ3v) is 5.09. The summed E-state index contributed by atoms with van der Waals surface area (Å²) < 4.78 is 38.0. The quantitative estimate of drug-likeness (QED) is 0.857. The molecule has 1 saturated carbocycles. The number of hydrogen-bond donors (Lipinski definition) is 2. The molecule has 142 valence electrons. The van der Waals surface area contributed by atoms with Gasteiger partial charge in [-0.25, -0.2) is 4.79 Å². The van der Waals surface area contributed by atoms with Crippen LogP contribution in [-0.2, 0) is 17.5 Å². The van der Waals surface area contributed by atoms with Gasteiger partial charge in [-0.3, -0.25) is 4.79 Å². The van der Waals surface area contributed by atoms with Crippen molar-refractivity contribution in [1.82, 2.24) is 15.5 Å². The lowest BCUT2D eigenvalue weighted by Gasteiger charge is -2.40. The maximum atomic E-state index is 12.7. The number of urea groups is 1. The summed E-state index contributed by atoms with van der Waals surface area (Å²) in [5.41, 5.74) is 0.425. The van der Waals surface area contributed by atoms with Crippen LogP contribution < -0.4 is 10.6 Å². The topological polar surface area (TPSA) is 61.4 Å². The normalized spacial score (nSPS) is 18.1. The smallest absolute Gasteiger partial charge is 0.350 e. The molecule has 2 aliphatic rings. The second-order valence-corrected chi connectivity index (χ2v) is 7.04. The fourth-order valence-corrected chi connectivity index (χ4v) is 3.08. The first-order chi connectivity index (χ1) is 12.2. The summed E-state index contributed by atoms with van der Waals surface area (Å²) in [6.45, 7) is 2.66. The van der Waals surface area contributed by atoms with E-state index in [1.807, 2.05) is 0 Å². The summed E-state index contributed by atoms with van der Waals surface area (Å²) in [7, 11) is 0. The number of likely N-dealkylation sites (tertiary alicyclic amines) is 1. The Morgan fingerprint density at radius 1 is 1.23 bits per heavy atom.